The summed E-state index contributed by atoms with van der Waals surface area (Å²) in [7, 11) is 0. The lowest BCUT2D eigenvalue weighted by Crippen LogP contribution is -2.54. The monoisotopic (exact) mass is 396 g/mol. The smallest absolute Gasteiger partial charge is 0.329 e. The number of carboxylic acid groups (broad SMARTS) is 1. The van der Waals surface area contributed by atoms with Crippen LogP contribution in [-0.2, 0) is 4.79 Å². The summed E-state index contributed by atoms with van der Waals surface area (Å²) in [5, 5.41) is 12.3. The number of hydrogen-bond donors (Lipinski definition) is 2. The van der Waals surface area contributed by atoms with Gasteiger partial charge in [-0.2, -0.15) is 0 Å². The number of carboxylic acids is 1. The van der Waals surface area contributed by atoms with E-state index in [2.05, 4.69) is 21.2 Å². The number of halogens is 3. The molecule has 2 amide bonds. The van der Waals surface area contributed by atoms with Crippen LogP contribution in [0.4, 0.5) is 10.5 Å². The maximum Gasteiger partial charge on any atom is 0.329 e. The number of amides is 2. The molecule has 0 spiro atoms. The highest BCUT2D eigenvalue weighted by atomic mass is 79.9. The van der Waals surface area contributed by atoms with E-state index in [1.54, 1.807) is 19.1 Å². The molecule has 0 aliphatic heterocycles. The number of urea groups is 1. The standard InChI is InChI=1S/C13H15BrCl2N2O3/c1-4-18(13(2,3)11(19)20)12(21)17-8-6-5-7(14)9(15)10(8)16/h5-6H,4H2,1-3H3,(H,17,21)(H,19,20). The Morgan fingerprint density at radius 1 is 1.33 bits per heavy atom. The molecule has 0 fully saturated rings. The maximum atomic E-state index is 12.3. The van der Waals surface area contributed by atoms with Crippen molar-refractivity contribution in [1.82, 2.24) is 4.90 Å². The lowest BCUT2D eigenvalue weighted by Gasteiger charge is -2.34. The molecule has 0 unspecified atom stereocenters. The van der Waals surface area contributed by atoms with E-state index in [-0.39, 0.29) is 16.6 Å². The molecule has 116 valence electrons. The Bertz CT molecular complexity index is 579. The molecule has 21 heavy (non-hydrogen) atoms. The zero-order valence-corrected chi connectivity index (χ0v) is 14.8. The molecular weight excluding hydrogens is 383 g/mol. The van der Waals surface area contributed by atoms with Crippen LogP contribution in [0.5, 0.6) is 0 Å². The van der Waals surface area contributed by atoms with Gasteiger partial charge in [-0.05, 0) is 48.8 Å². The van der Waals surface area contributed by atoms with Gasteiger partial charge in [-0.25, -0.2) is 9.59 Å². The van der Waals surface area contributed by atoms with Crippen molar-refractivity contribution in [3.8, 4) is 0 Å². The van der Waals surface area contributed by atoms with Crippen LogP contribution in [0.3, 0.4) is 0 Å². The molecule has 0 saturated heterocycles. The van der Waals surface area contributed by atoms with Gasteiger partial charge in [0.15, 0.2) is 0 Å². The van der Waals surface area contributed by atoms with Crippen molar-refractivity contribution in [2.75, 3.05) is 11.9 Å². The van der Waals surface area contributed by atoms with Crippen LogP contribution in [0, 0.1) is 0 Å². The fourth-order valence-electron chi connectivity index (χ4n) is 1.71. The van der Waals surface area contributed by atoms with Gasteiger partial charge in [-0.15, -0.1) is 0 Å². The first kappa shape index (κ1) is 18.1. The van der Waals surface area contributed by atoms with E-state index in [9.17, 15) is 14.7 Å². The Kier molecular flexibility index (Phi) is 5.90. The molecule has 0 radical (unpaired) electrons. The lowest BCUT2D eigenvalue weighted by molar-refractivity contribution is -0.147. The number of nitrogens with zero attached hydrogens (tertiary/aromatic N) is 1. The largest absolute Gasteiger partial charge is 0.480 e. The summed E-state index contributed by atoms with van der Waals surface area (Å²) in [6.07, 6.45) is 0. The number of carbonyl (C=O) groups excluding carboxylic acids is 1. The third kappa shape index (κ3) is 3.81. The fraction of sp³-hybridized carbons (Fsp3) is 0.385. The first-order valence-corrected chi connectivity index (χ1v) is 7.63. The Morgan fingerprint density at radius 3 is 2.38 bits per heavy atom. The topological polar surface area (TPSA) is 69.6 Å². The van der Waals surface area contributed by atoms with Crippen LogP contribution in [0.1, 0.15) is 20.8 Å². The van der Waals surface area contributed by atoms with Crippen molar-refractivity contribution in [2.45, 2.75) is 26.3 Å². The maximum absolute atomic E-state index is 12.3. The third-order valence-electron chi connectivity index (χ3n) is 3.04. The molecule has 0 heterocycles. The van der Waals surface area contributed by atoms with E-state index in [1.807, 2.05) is 0 Å². The van der Waals surface area contributed by atoms with Crippen molar-refractivity contribution in [2.24, 2.45) is 0 Å². The number of likely N-dealkylation sites (N-methyl/N-ethyl adjacent to an activating group) is 1. The number of carbonyl (C=O) groups is 2. The van der Waals surface area contributed by atoms with Gasteiger partial charge in [0.25, 0.3) is 0 Å². The van der Waals surface area contributed by atoms with Crippen molar-refractivity contribution in [3.05, 3.63) is 26.7 Å². The van der Waals surface area contributed by atoms with Crippen LogP contribution >= 0.6 is 39.1 Å². The summed E-state index contributed by atoms with van der Waals surface area (Å²) >= 11 is 15.3. The second kappa shape index (κ2) is 6.85. The quantitative estimate of drug-likeness (QED) is 0.736. The van der Waals surface area contributed by atoms with E-state index >= 15 is 0 Å². The highest BCUT2D eigenvalue weighted by Gasteiger charge is 2.37. The summed E-state index contributed by atoms with van der Waals surface area (Å²) in [4.78, 5) is 24.7. The normalized spacial score (nSPS) is 11.1. The number of nitrogens with one attached hydrogen (secondary N) is 1. The van der Waals surface area contributed by atoms with E-state index in [0.717, 1.165) is 0 Å². The van der Waals surface area contributed by atoms with Crippen molar-refractivity contribution in [3.63, 3.8) is 0 Å². The van der Waals surface area contributed by atoms with Gasteiger partial charge in [-0.1, -0.05) is 23.2 Å². The molecule has 0 aliphatic carbocycles. The van der Waals surface area contributed by atoms with E-state index in [4.69, 9.17) is 23.2 Å². The number of hydrogen-bond acceptors (Lipinski definition) is 2. The van der Waals surface area contributed by atoms with E-state index < -0.39 is 17.5 Å². The van der Waals surface area contributed by atoms with E-state index in [0.29, 0.717) is 10.2 Å². The molecule has 0 bridgehead atoms. The van der Waals surface area contributed by atoms with E-state index in [1.165, 1.54) is 18.7 Å². The zero-order chi connectivity index (χ0) is 16.4. The molecular formula is C13H15BrCl2N2O3. The van der Waals surface area contributed by atoms with Crippen LogP contribution in [-0.4, -0.2) is 34.1 Å². The minimum atomic E-state index is -1.34. The highest BCUT2D eigenvalue weighted by molar-refractivity contribution is 9.10. The Labute approximate surface area is 141 Å². The zero-order valence-electron chi connectivity index (χ0n) is 11.7. The Balaban J connectivity index is 3.05. The molecule has 2 N–H and O–H groups in total. The van der Waals surface area contributed by atoms with Gasteiger partial charge >= 0.3 is 12.0 Å². The predicted molar refractivity (Wildman–Crippen MR) is 87.3 cm³/mol. The summed E-state index contributed by atoms with van der Waals surface area (Å²) in [6, 6.07) is 2.66. The second-order valence-corrected chi connectivity index (χ2v) is 6.37. The van der Waals surface area contributed by atoms with Gasteiger partial charge in [0.05, 0.1) is 15.7 Å². The minimum absolute atomic E-state index is 0.184. The summed E-state index contributed by atoms with van der Waals surface area (Å²) < 4.78 is 0.602. The second-order valence-electron chi connectivity index (χ2n) is 4.76. The fourth-order valence-corrected chi connectivity index (χ4v) is 2.53. The number of anilines is 1. The lowest BCUT2D eigenvalue weighted by atomic mass is 10.0. The molecule has 1 rings (SSSR count). The Morgan fingerprint density at radius 2 is 1.90 bits per heavy atom. The Hall–Kier alpha value is -0.980. The summed E-state index contributed by atoms with van der Waals surface area (Å²) in [5.41, 5.74) is -1.03. The van der Waals surface area contributed by atoms with Gasteiger partial charge in [-0.3, -0.25) is 0 Å². The van der Waals surface area contributed by atoms with Crippen LogP contribution < -0.4 is 5.32 Å². The summed E-state index contributed by atoms with van der Waals surface area (Å²) in [5.74, 6) is -1.10. The van der Waals surface area contributed by atoms with Crippen molar-refractivity contribution >= 4 is 56.8 Å². The van der Waals surface area contributed by atoms with Crippen molar-refractivity contribution in [1.29, 1.82) is 0 Å². The van der Waals surface area contributed by atoms with Crippen LogP contribution in [0.25, 0.3) is 0 Å². The predicted octanol–water partition coefficient (Wildman–Crippen LogP) is 4.47. The molecule has 1 aromatic rings. The number of aliphatic carboxylic acids is 1. The SMILES string of the molecule is CCN(C(=O)Nc1ccc(Br)c(Cl)c1Cl)C(C)(C)C(=O)O. The van der Waals surface area contributed by atoms with Crippen LogP contribution in [0.2, 0.25) is 10.0 Å². The first-order valence-electron chi connectivity index (χ1n) is 6.08. The van der Waals surface area contributed by atoms with Gasteiger partial charge in [0, 0.05) is 11.0 Å². The van der Waals surface area contributed by atoms with Crippen molar-refractivity contribution < 1.29 is 14.7 Å². The minimum Gasteiger partial charge on any atom is -0.480 e. The molecule has 0 aliphatic rings. The first-order chi connectivity index (χ1) is 9.62. The van der Waals surface area contributed by atoms with Crippen LogP contribution in [0.15, 0.2) is 16.6 Å². The molecule has 8 heteroatoms. The number of rotatable bonds is 4. The van der Waals surface area contributed by atoms with Gasteiger partial charge in [0.2, 0.25) is 0 Å². The summed E-state index contributed by atoms with van der Waals surface area (Å²) in [6.45, 7) is 4.83. The van der Waals surface area contributed by atoms with Gasteiger partial charge < -0.3 is 15.3 Å². The molecule has 0 atom stereocenters. The molecule has 5 nitrogen and oxygen atoms in total. The average molecular weight is 398 g/mol. The number of benzene rings is 1. The average Bonchev–Trinajstić information content (AvgIpc) is 2.40. The molecule has 0 aromatic heterocycles. The molecule has 1 aromatic carbocycles. The van der Waals surface area contributed by atoms with Gasteiger partial charge in [0.1, 0.15) is 5.54 Å². The third-order valence-corrected chi connectivity index (χ3v) is 4.81. The molecule has 0 saturated carbocycles. The highest BCUT2D eigenvalue weighted by Crippen LogP contribution is 2.36.